The molecular weight excluding hydrogens is 593 g/mol. The molecule has 236 valence electrons. The fourth-order valence-electron chi connectivity index (χ4n) is 6.37. The number of hydrogen-bond acceptors (Lipinski definition) is 6. The van der Waals surface area contributed by atoms with Crippen molar-refractivity contribution >= 4 is 17.1 Å². The van der Waals surface area contributed by atoms with Crippen LogP contribution in [-0.4, -0.2) is 59.4 Å². The van der Waals surface area contributed by atoms with Gasteiger partial charge in [-0.1, -0.05) is 164 Å². The van der Waals surface area contributed by atoms with Crippen molar-refractivity contribution in [2.45, 2.75) is 54.7 Å². The van der Waals surface area contributed by atoms with Gasteiger partial charge in [-0.25, -0.2) is 0 Å². The van der Waals surface area contributed by atoms with Crippen molar-refractivity contribution in [1.82, 2.24) is 0 Å². The topological polar surface area (TPSA) is 101 Å². The summed E-state index contributed by atoms with van der Waals surface area (Å²) in [4.78, 5) is 0.00613. The average Bonchev–Trinajstić information content (AvgIpc) is 3.09. The van der Waals surface area contributed by atoms with Gasteiger partial charge in [-0.2, -0.15) is 0 Å². The van der Waals surface area contributed by atoms with E-state index in [4.69, 9.17) is 12.2 Å². The summed E-state index contributed by atoms with van der Waals surface area (Å²) in [7, 11) is 0. The van der Waals surface area contributed by atoms with Crippen LogP contribution in [0.3, 0.4) is 0 Å². The number of thiocarbonyl (C=S) groups is 1. The molecule has 0 spiro atoms. The van der Waals surface area contributed by atoms with Crippen molar-refractivity contribution in [2.75, 3.05) is 0 Å². The molecule has 0 aliphatic rings. The maximum atomic E-state index is 13.4. The lowest BCUT2D eigenvalue weighted by Crippen LogP contribution is -2.77. The lowest BCUT2D eigenvalue weighted by molar-refractivity contribution is -0.266. The van der Waals surface area contributed by atoms with Gasteiger partial charge in [-0.3, -0.25) is 0 Å². The van der Waals surface area contributed by atoms with Crippen molar-refractivity contribution in [3.05, 3.63) is 179 Å². The first kappa shape index (κ1) is 33.4. The second-order valence-electron chi connectivity index (χ2n) is 12.0. The fraction of sp³-hybridized carbons (Fsp3) is 0.225. The van der Waals surface area contributed by atoms with E-state index in [0.717, 1.165) is 5.56 Å². The molecule has 6 heteroatoms. The molecule has 0 bridgehead atoms. The summed E-state index contributed by atoms with van der Waals surface area (Å²) in [6.07, 6.45) is -4.18. The lowest BCUT2D eigenvalue weighted by atomic mass is 9.59. The number of aliphatic hydroxyl groups is 5. The molecule has 0 aliphatic heterocycles. The normalized spacial score (nSPS) is 16.7. The van der Waals surface area contributed by atoms with Gasteiger partial charge in [0.15, 0.2) is 0 Å². The SMILES string of the molecule is OC(Cc1ccccc1)[C@@H](O)[C@](O)(Cc1ccccc1)[C@@](O)(Cc1ccccc1)[C@](O)(Cc1ccccc1)C(=S)c1ccccc1. The third-order valence-electron chi connectivity index (χ3n) is 8.88. The molecule has 5 rings (SSSR count). The standard InChI is InChI=1S/C40H40O5S/c41-35(26-30-16-6-1-7-17-30)36(42)38(43,27-31-18-8-2-9-19-31)40(45,29-33-22-12-4-13-23-33)39(44,28-32-20-10-3-11-21-32)37(46)34-24-14-5-15-25-34/h1-25,35-36,41-45H,26-29H2/t35?,36-,38-,39+,40+/m1/s1. The van der Waals surface area contributed by atoms with Crippen LogP contribution in [0.25, 0.3) is 0 Å². The van der Waals surface area contributed by atoms with E-state index < -0.39 is 29.0 Å². The van der Waals surface area contributed by atoms with Gasteiger partial charge in [0.2, 0.25) is 0 Å². The molecule has 0 radical (unpaired) electrons. The van der Waals surface area contributed by atoms with Crippen LogP contribution in [0.5, 0.6) is 0 Å². The molecular formula is C40H40O5S. The quantitative estimate of drug-likeness (QED) is 0.0843. The third-order valence-corrected chi connectivity index (χ3v) is 9.45. The Bertz CT molecular complexity index is 1670. The average molecular weight is 633 g/mol. The first-order chi connectivity index (χ1) is 22.2. The van der Waals surface area contributed by atoms with E-state index in [1.807, 2.05) is 78.9 Å². The number of benzene rings is 5. The molecule has 0 amide bonds. The second kappa shape index (κ2) is 14.6. The highest BCUT2D eigenvalue weighted by atomic mass is 32.1. The van der Waals surface area contributed by atoms with Crippen LogP contribution in [0.4, 0.5) is 0 Å². The van der Waals surface area contributed by atoms with E-state index in [1.54, 1.807) is 72.8 Å². The molecule has 0 fully saturated rings. The highest BCUT2D eigenvalue weighted by Crippen LogP contribution is 2.45. The van der Waals surface area contributed by atoms with Gasteiger partial charge in [-0.15, -0.1) is 0 Å². The van der Waals surface area contributed by atoms with Crippen LogP contribution in [-0.2, 0) is 25.7 Å². The monoisotopic (exact) mass is 632 g/mol. The Morgan fingerprint density at radius 1 is 0.500 bits per heavy atom. The van der Waals surface area contributed by atoms with Crippen molar-refractivity contribution in [3.8, 4) is 0 Å². The summed E-state index contributed by atoms with van der Waals surface area (Å²) in [5.41, 5.74) is -4.31. The van der Waals surface area contributed by atoms with E-state index in [2.05, 4.69) is 0 Å². The number of hydrogen-bond donors (Lipinski definition) is 5. The summed E-state index contributed by atoms with van der Waals surface area (Å²) in [6, 6.07) is 45.2. The summed E-state index contributed by atoms with van der Waals surface area (Å²) >= 11 is 6.04. The molecule has 1 unspecified atom stereocenters. The highest BCUT2D eigenvalue weighted by Gasteiger charge is 2.66. The van der Waals surface area contributed by atoms with Crippen molar-refractivity contribution in [3.63, 3.8) is 0 Å². The first-order valence-electron chi connectivity index (χ1n) is 15.4. The lowest BCUT2D eigenvalue weighted by Gasteiger charge is -2.55. The van der Waals surface area contributed by atoms with Gasteiger partial charge >= 0.3 is 0 Å². The van der Waals surface area contributed by atoms with Crippen molar-refractivity contribution < 1.29 is 25.5 Å². The van der Waals surface area contributed by atoms with Crippen LogP contribution in [0.2, 0.25) is 0 Å². The van der Waals surface area contributed by atoms with Gasteiger partial charge in [0.05, 0.1) is 11.0 Å². The van der Waals surface area contributed by atoms with E-state index >= 15 is 0 Å². The van der Waals surface area contributed by atoms with Crippen LogP contribution in [0.1, 0.15) is 27.8 Å². The third kappa shape index (κ3) is 7.03. The van der Waals surface area contributed by atoms with Crippen LogP contribution in [0, 0.1) is 0 Å². The van der Waals surface area contributed by atoms with Crippen molar-refractivity contribution in [1.29, 1.82) is 0 Å². The van der Waals surface area contributed by atoms with E-state index in [0.29, 0.717) is 22.3 Å². The molecule has 0 aliphatic carbocycles. The van der Waals surface area contributed by atoms with Gasteiger partial charge in [0, 0.05) is 25.7 Å². The zero-order chi connectivity index (χ0) is 32.6. The van der Waals surface area contributed by atoms with Gasteiger partial charge in [0.1, 0.15) is 22.9 Å². The Balaban J connectivity index is 1.75. The predicted molar refractivity (Wildman–Crippen MR) is 186 cm³/mol. The minimum atomic E-state index is -2.54. The summed E-state index contributed by atoms with van der Waals surface area (Å²) in [6.45, 7) is 0. The minimum Gasteiger partial charge on any atom is -0.390 e. The minimum absolute atomic E-state index is 0.000763. The number of rotatable bonds is 14. The molecule has 0 saturated heterocycles. The van der Waals surface area contributed by atoms with Crippen LogP contribution >= 0.6 is 12.2 Å². The molecule has 5 atom stereocenters. The molecule has 0 heterocycles. The van der Waals surface area contributed by atoms with Gasteiger partial charge in [-0.05, 0) is 27.8 Å². The van der Waals surface area contributed by atoms with E-state index in [1.165, 1.54) is 0 Å². The molecule has 5 aromatic carbocycles. The molecule has 5 N–H and O–H groups in total. The predicted octanol–water partition coefficient (Wildman–Crippen LogP) is 5.29. The Labute approximate surface area is 276 Å². The smallest absolute Gasteiger partial charge is 0.136 e. The Kier molecular flexibility index (Phi) is 10.6. The van der Waals surface area contributed by atoms with Crippen molar-refractivity contribution in [2.24, 2.45) is 0 Å². The zero-order valence-corrected chi connectivity index (χ0v) is 26.4. The van der Waals surface area contributed by atoms with Gasteiger partial charge < -0.3 is 25.5 Å². The van der Waals surface area contributed by atoms with E-state index in [-0.39, 0.29) is 30.5 Å². The molecule has 5 aromatic rings. The molecule has 46 heavy (non-hydrogen) atoms. The zero-order valence-electron chi connectivity index (χ0n) is 25.6. The Morgan fingerprint density at radius 2 is 0.870 bits per heavy atom. The highest BCUT2D eigenvalue weighted by molar-refractivity contribution is 7.81. The van der Waals surface area contributed by atoms with E-state index in [9.17, 15) is 25.5 Å². The number of aliphatic hydroxyl groups excluding tert-OH is 2. The molecule has 5 nitrogen and oxygen atoms in total. The summed E-state index contributed by atoms with van der Waals surface area (Å²) in [5, 5.41) is 63.4. The maximum Gasteiger partial charge on any atom is 0.136 e. The van der Waals surface area contributed by atoms with Crippen LogP contribution in [0.15, 0.2) is 152 Å². The Hall–Kier alpha value is -4.01. The van der Waals surface area contributed by atoms with Gasteiger partial charge in [0.25, 0.3) is 0 Å². The summed E-state index contributed by atoms with van der Waals surface area (Å²) < 4.78 is 0. The molecule has 0 saturated carbocycles. The second-order valence-corrected chi connectivity index (χ2v) is 12.4. The van der Waals surface area contributed by atoms with Crippen LogP contribution < -0.4 is 0 Å². The summed E-state index contributed by atoms with van der Waals surface area (Å²) in [5.74, 6) is 0. The first-order valence-corrected chi connectivity index (χ1v) is 15.9. The largest absolute Gasteiger partial charge is 0.390 e. The molecule has 0 aromatic heterocycles. The maximum absolute atomic E-state index is 13.4. The fourth-order valence-corrected chi connectivity index (χ4v) is 6.75. The Morgan fingerprint density at radius 3 is 1.33 bits per heavy atom.